The van der Waals surface area contributed by atoms with Crippen molar-refractivity contribution in [3.05, 3.63) is 41.2 Å². The average molecular weight is 235 g/mol. The summed E-state index contributed by atoms with van der Waals surface area (Å²) in [5.74, 6) is 0. The van der Waals surface area contributed by atoms with Gasteiger partial charge in [0.25, 0.3) is 0 Å². The minimum atomic E-state index is 0.0754. The van der Waals surface area contributed by atoms with Crippen molar-refractivity contribution < 1.29 is 0 Å². The second kappa shape index (κ2) is 3.95. The average Bonchev–Trinajstić information content (AvgIpc) is 2.68. The monoisotopic (exact) mass is 234 g/mol. The Morgan fingerprint density at radius 3 is 2.44 bits per heavy atom. The molecular weight excluding hydrogens is 220 g/mol. The Kier molecular flexibility index (Phi) is 2.76. The van der Waals surface area contributed by atoms with E-state index in [0.717, 1.165) is 16.1 Å². The molecule has 0 spiro atoms. The molecule has 0 aliphatic rings. The van der Waals surface area contributed by atoms with Crippen molar-refractivity contribution in [3.63, 3.8) is 0 Å². The van der Waals surface area contributed by atoms with Crippen molar-refractivity contribution >= 4 is 11.6 Å². The zero-order valence-electron chi connectivity index (χ0n) is 9.71. The summed E-state index contributed by atoms with van der Waals surface area (Å²) in [5, 5.41) is 7.54. The van der Waals surface area contributed by atoms with Crippen LogP contribution in [0.4, 0.5) is 0 Å². The highest BCUT2D eigenvalue weighted by Crippen LogP contribution is 2.32. The molecule has 1 aromatic heterocycles. The fourth-order valence-corrected chi connectivity index (χ4v) is 2.18. The predicted octanol–water partition coefficient (Wildman–Crippen LogP) is 4.03. The van der Waals surface area contributed by atoms with Crippen LogP contribution in [0.25, 0.3) is 11.1 Å². The molecule has 2 nitrogen and oxygen atoms in total. The second-order valence-corrected chi connectivity index (χ2v) is 5.34. The molecule has 1 aromatic carbocycles. The number of aromatic nitrogens is 2. The molecule has 2 aromatic rings. The van der Waals surface area contributed by atoms with E-state index in [4.69, 9.17) is 11.6 Å². The molecule has 0 saturated carbocycles. The standard InChI is InChI=1S/C13H15ClN2/c1-13(2,3)11-5-4-9(6-12(11)14)10-7-15-16-8-10/h4-8H,1-3H3,(H,15,16). The quantitative estimate of drug-likeness (QED) is 0.793. The van der Waals surface area contributed by atoms with Crippen LogP contribution in [0.3, 0.4) is 0 Å². The van der Waals surface area contributed by atoms with Crippen molar-refractivity contribution in [2.75, 3.05) is 0 Å². The molecule has 0 aliphatic carbocycles. The number of aromatic amines is 1. The van der Waals surface area contributed by atoms with Gasteiger partial charge < -0.3 is 0 Å². The third-order valence-electron chi connectivity index (χ3n) is 2.61. The van der Waals surface area contributed by atoms with Gasteiger partial charge in [0.2, 0.25) is 0 Å². The Balaban J connectivity index is 2.45. The van der Waals surface area contributed by atoms with E-state index in [1.807, 2.05) is 12.3 Å². The Labute approximate surface area is 101 Å². The Morgan fingerprint density at radius 2 is 1.94 bits per heavy atom. The topological polar surface area (TPSA) is 28.7 Å². The normalized spacial score (nSPS) is 11.8. The maximum atomic E-state index is 6.30. The van der Waals surface area contributed by atoms with Crippen LogP contribution < -0.4 is 0 Å². The summed E-state index contributed by atoms with van der Waals surface area (Å²) < 4.78 is 0. The van der Waals surface area contributed by atoms with Crippen LogP contribution in [0.1, 0.15) is 26.3 Å². The molecule has 0 saturated heterocycles. The molecule has 0 fully saturated rings. The number of hydrogen-bond donors (Lipinski definition) is 1. The highest BCUT2D eigenvalue weighted by Gasteiger charge is 2.17. The highest BCUT2D eigenvalue weighted by atomic mass is 35.5. The Hall–Kier alpha value is -1.28. The van der Waals surface area contributed by atoms with E-state index >= 15 is 0 Å². The van der Waals surface area contributed by atoms with Gasteiger partial charge in [0, 0.05) is 16.8 Å². The predicted molar refractivity (Wildman–Crippen MR) is 67.7 cm³/mol. The molecule has 3 heteroatoms. The van der Waals surface area contributed by atoms with Crippen LogP contribution in [0.2, 0.25) is 5.02 Å². The summed E-state index contributed by atoms with van der Waals surface area (Å²) in [5.41, 5.74) is 3.39. The van der Waals surface area contributed by atoms with Gasteiger partial charge >= 0.3 is 0 Å². The molecule has 2 rings (SSSR count). The van der Waals surface area contributed by atoms with Gasteiger partial charge in [-0.1, -0.05) is 44.5 Å². The highest BCUT2D eigenvalue weighted by molar-refractivity contribution is 6.31. The van der Waals surface area contributed by atoms with Gasteiger partial charge in [-0.15, -0.1) is 0 Å². The van der Waals surface area contributed by atoms with Crippen molar-refractivity contribution in [2.24, 2.45) is 0 Å². The molecule has 84 valence electrons. The molecule has 16 heavy (non-hydrogen) atoms. The van der Waals surface area contributed by atoms with Crippen LogP contribution in [0.15, 0.2) is 30.6 Å². The number of halogens is 1. The van der Waals surface area contributed by atoms with E-state index < -0.39 is 0 Å². The summed E-state index contributed by atoms with van der Waals surface area (Å²) in [6.07, 6.45) is 3.66. The van der Waals surface area contributed by atoms with Crippen molar-refractivity contribution in [1.29, 1.82) is 0 Å². The third-order valence-corrected chi connectivity index (χ3v) is 2.92. The lowest BCUT2D eigenvalue weighted by Crippen LogP contribution is -2.11. The van der Waals surface area contributed by atoms with Crippen molar-refractivity contribution in [1.82, 2.24) is 10.2 Å². The number of H-pyrrole nitrogens is 1. The van der Waals surface area contributed by atoms with Gasteiger partial charge in [-0.3, -0.25) is 5.10 Å². The summed E-state index contributed by atoms with van der Waals surface area (Å²) in [6.45, 7) is 6.48. The minimum absolute atomic E-state index is 0.0754. The van der Waals surface area contributed by atoms with Crippen molar-refractivity contribution in [3.8, 4) is 11.1 Å². The first kappa shape index (κ1) is 11.2. The van der Waals surface area contributed by atoms with Crippen LogP contribution in [-0.2, 0) is 5.41 Å². The largest absolute Gasteiger partial charge is 0.285 e. The second-order valence-electron chi connectivity index (χ2n) is 4.93. The summed E-state index contributed by atoms with van der Waals surface area (Å²) in [6, 6.07) is 6.16. The van der Waals surface area contributed by atoms with E-state index in [0.29, 0.717) is 0 Å². The molecule has 1 heterocycles. The van der Waals surface area contributed by atoms with Gasteiger partial charge in [-0.05, 0) is 22.6 Å². The van der Waals surface area contributed by atoms with Crippen LogP contribution in [-0.4, -0.2) is 10.2 Å². The lowest BCUT2D eigenvalue weighted by molar-refractivity contribution is 0.590. The van der Waals surface area contributed by atoms with E-state index in [2.05, 4.69) is 43.1 Å². The maximum Gasteiger partial charge on any atom is 0.0565 e. The molecule has 0 atom stereocenters. The first-order valence-electron chi connectivity index (χ1n) is 5.27. The van der Waals surface area contributed by atoms with E-state index in [-0.39, 0.29) is 5.41 Å². The van der Waals surface area contributed by atoms with Crippen LogP contribution >= 0.6 is 11.6 Å². The first-order valence-corrected chi connectivity index (χ1v) is 5.65. The minimum Gasteiger partial charge on any atom is -0.285 e. The van der Waals surface area contributed by atoms with Gasteiger partial charge in [-0.2, -0.15) is 5.10 Å². The number of benzene rings is 1. The fraction of sp³-hybridized carbons (Fsp3) is 0.308. The molecule has 0 amide bonds. The molecule has 0 aliphatic heterocycles. The lowest BCUT2D eigenvalue weighted by Gasteiger charge is -2.20. The molecule has 0 bridgehead atoms. The zero-order valence-corrected chi connectivity index (χ0v) is 10.5. The van der Waals surface area contributed by atoms with E-state index in [1.165, 1.54) is 5.56 Å². The number of nitrogens with one attached hydrogen (secondary N) is 1. The van der Waals surface area contributed by atoms with E-state index in [9.17, 15) is 0 Å². The van der Waals surface area contributed by atoms with Gasteiger partial charge in [0.1, 0.15) is 0 Å². The van der Waals surface area contributed by atoms with Gasteiger partial charge in [0.15, 0.2) is 0 Å². The summed E-state index contributed by atoms with van der Waals surface area (Å²) >= 11 is 6.30. The Morgan fingerprint density at radius 1 is 1.19 bits per heavy atom. The molecular formula is C13H15ClN2. The summed E-state index contributed by atoms with van der Waals surface area (Å²) in [7, 11) is 0. The fourth-order valence-electron chi connectivity index (χ4n) is 1.71. The van der Waals surface area contributed by atoms with Gasteiger partial charge in [0.05, 0.1) is 6.20 Å². The van der Waals surface area contributed by atoms with Crippen LogP contribution in [0, 0.1) is 0 Å². The first-order chi connectivity index (χ1) is 7.48. The van der Waals surface area contributed by atoms with E-state index in [1.54, 1.807) is 6.20 Å². The molecule has 0 radical (unpaired) electrons. The van der Waals surface area contributed by atoms with Crippen LogP contribution in [0.5, 0.6) is 0 Å². The number of nitrogens with zero attached hydrogens (tertiary/aromatic N) is 1. The van der Waals surface area contributed by atoms with Crippen molar-refractivity contribution in [2.45, 2.75) is 26.2 Å². The number of hydrogen-bond acceptors (Lipinski definition) is 1. The lowest BCUT2D eigenvalue weighted by atomic mass is 9.86. The number of rotatable bonds is 1. The third kappa shape index (κ3) is 2.12. The smallest absolute Gasteiger partial charge is 0.0565 e. The van der Waals surface area contributed by atoms with Gasteiger partial charge in [-0.25, -0.2) is 0 Å². The molecule has 0 unspecified atom stereocenters. The molecule has 1 N–H and O–H groups in total. The Bertz CT molecular complexity index is 481. The zero-order chi connectivity index (χ0) is 11.8. The summed E-state index contributed by atoms with van der Waals surface area (Å²) in [4.78, 5) is 0. The maximum absolute atomic E-state index is 6.30. The SMILES string of the molecule is CC(C)(C)c1ccc(-c2cn[nH]c2)cc1Cl.